The van der Waals surface area contributed by atoms with E-state index in [1.54, 1.807) is 7.05 Å². The summed E-state index contributed by atoms with van der Waals surface area (Å²) < 4.78 is 4.48. The molecule has 0 saturated heterocycles. The Labute approximate surface area is 192 Å². The molecule has 0 radical (unpaired) electrons. The van der Waals surface area contributed by atoms with Gasteiger partial charge in [-0.25, -0.2) is 9.78 Å². The average molecular weight is 444 g/mol. The van der Waals surface area contributed by atoms with E-state index in [-0.39, 0.29) is 11.2 Å². The third-order valence-electron chi connectivity index (χ3n) is 5.72. The molecule has 0 spiro atoms. The first-order chi connectivity index (χ1) is 15.8. The number of hydrogen-bond acceptors (Lipinski definition) is 4. The number of benzene rings is 2. The first-order valence-electron chi connectivity index (χ1n) is 10.9. The standard InChI is InChI=1S/C26H29N5O2/c1-19(2)15-31-22(27-24-23(31)25(32)29(4)26(33)28(24)3)18-30(16-20-11-7-5-8-12-20)17-21-13-9-6-10-14-21/h5-14H,1,15-18H2,2-4H3. The molecule has 2 aromatic carbocycles. The summed E-state index contributed by atoms with van der Waals surface area (Å²) in [6.45, 7) is 8.40. The molecule has 2 aromatic heterocycles. The van der Waals surface area contributed by atoms with Gasteiger partial charge in [-0.15, -0.1) is 0 Å². The maximum Gasteiger partial charge on any atom is 0.332 e. The quantitative estimate of drug-likeness (QED) is 0.392. The third kappa shape index (κ3) is 4.73. The summed E-state index contributed by atoms with van der Waals surface area (Å²) in [5, 5.41) is 0. The summed E-state index contributed by atoms with van der Waals surface area (Å²) >= 11 is 0. The average Bonchev–Trinajstić information content (AvgIpc) is 3.15. The van der Waals surface area contributed by atoms with E-state index >= 15 is 0 Å². The van der Waals surface area contributed by atoms with Crippen LogP contribution in [-0.4, -0.2) is 23.6 Å². The van der Waals surface area contributed by atoms with Gasteiger partial charge in [-0.3, -0.25) is 18.8 Å². The van der Waals surface area contributed by atoms with Crippen molar-refractivity contribution in [3.63, 3.8) is 0 Å². The topological polar surface area (TPSA) is 65.1 Å². The lowest BCUT2D eigenvalue weighted by Crippen LogP contribution is -2.37. The fourth-order valence-electron chi connectivity index (χ4n) is 4.10. The molecular formula is C26H29N5O2. The van der Waals surface area contributed by atoms with Crippen LogP contribution in [0.25, 0.3) is 11.2 Å². The van der Waals surface area contributed by atoms with Crippen LogP contribution in [0.5, 0.6) is 0 Å². The Morgan fingerprint density at radius 3 is 1.94 bits per heavy atom. The van der Waals surface area contributed by atoms with Crippen molar-refractivity contribution in [1.29, 1.82) is 0 Å². The number of imidazole rings is 1. The normalized spacial score (nSPS) is 11.4. The Bertz CT molecular complexity index is 1360. The minimum atomic E-state index is -0.385. The summed E-state index contributed by atoms with van der Waals surface area (Å²) in [6.07, 6.45) is 0. The molecule has 0 aliphatic heterocycles. The highest BCUT2D eigenvalue weighted by molar-refractivity contribution is 5.71. The van der Waals surface area contributed by atoms with E-state index in [0.29, 0.717) is 24.3 Å². The minimum Gasteiger partial charge on any atom is -0.317 e. The molecule has 170 valence electrons. The summed E-state index contributed by atoms with van der Waals surface area (Å²) in [6, 6.07) is 20.6. The van der Waals surface area contributed by atoms with Gasteiger partial charge >= 0.3 is 5.69 Å². The number of aryl methyl sites for hydroxylation is 1. The summed E-state index contributed by atoms with van der Waals surface area (Å²) in [5.74, 6) is 0.734. The molecular weight excluding hydrogens is 414 g/mol. The largest absolute Gasteiger partial charge is 0.332 e. The molecule has 0 amide bonds. The highest BCUT2D eigenvalue weighted by atomic mass is 16.2. The van der Waals surface area contributed by atoms with Crippen molar-refractivity contribution in [3.8, 4) is 0 Å². The zero-order valence-electron chi connectivity index (χ0n) is 19.4. The Balaban J connectivity index is 1.81. The molecule has 0 N–H and O–H groups in total. The molecule has 0 bridgehead atoms. The monoisotopic (exact) mass is 443 g/mol. The second kappa shape index (κ2) is 9.42. The van der Waals surface area contributed by atoms with E-state index < -0.39 is 0 Å². The fourth-order valence-corrected chi connectivity index (χ4v) is 4.10. The summed E-state index contributed by atoms with van der Waals surface area (Å²) in [4.78, 5) is 32.6. The van der Waals surface area contributed by atoms with Crippen LogP contribution >= 0.6 is 0 Å². The van der Waals surface area contributed by atoms with Crippen LogP contribution in [0, 0.1) is 0 Å². The van der Waals surface area contributed by atoms with Crippen molar-refractivity contribution < 1.29 is 0 Å². The van der Waals surface area contributed by atoms with Crippen LogP contribution in [0.4, 0.5) is 0 Å². The predicted octanol–water partition coefficient (Wildman–Crippen LogP) is 3.21. The van der Waals surface area contributed by atoms with Gasteiger partial charge in [-0.05, 0) is 18.1 Å². The van der Waals surface area contributed by atoms with Crippen LogP contribution in [-0.2, 0) is 40.3 Å². The number of allylic oxidation sites excluding steroid dienone is 1. The molecule has 0 fully saturated rings. The van der Waals surface area contributed by atoms with E-state index in [1.165, 1.54) is 22.7 Å². The Hall–Kier alpha value is -3.71. The summed E-state index contributed by atoms with van der Waals surface area (Å²) in [7, 11) is 3.15. The first-order valence-corrected chi connectivity index (χ1v) is 10.9. The maximum absolute atomic E-state index is 13.0. The first kappa shape index (κ1) is 22.5. The zero-order chi connectivity index (χ0) is 23.5. The van der Waals surface area contributed by atoms with Gasteiger partial charge in [0.15, 0.2) is 11.2 Å². The van der Waals surface area contributed by atoms with Crippen LogP contribution in [0.1, 0.15) is 23.9 Å². The number of fused-ring (bicyclic) bond motifs is 1. The highest BCUT2D eigenvalue weighted by Crippen LogP contribution is 2.18. The minimum absolute atomic E-state index is 0.342. The molecule has 4 rings (SSSR count). The van der Waals surface area contributed by atoms with Crippen molar-refractivity contribution in [2.45, 2.75) is 33.1 Å². The predicted molar refractivity (Wildman–Crippen MR) is 131 cm³/mol. The number of aromatic nitrogens is 4. The van der Waals surface area contributed by atoms with E-state index in [0.717, 1.165) is 29.1 Å². The van der Waals surface area contributed by atoms with Crippen molar-refractivity contribution in [1.82, 2.24) is 23.6 Å². The molecule has 7 nitrogen and oxygen atoms in total. The zero-order valence-corrected chi connectivity index (χ0v) is 19.4. The van der Waals surface area contributed by atoms with Crippen LogP contribution in [0.2, 0.25) is 0 Å². The molecule has 2 heterocycles. The van der Waals surface area contributed by atoms with Crippen LogP contribution < -0.4 is 11.2 Å². The molecule has 4 aromatic rings. The Morgan fingerprint density at radius 2 is 1.42 bits per heavy atom. The lowest BCUT2D eigenvalue weighted by atomic mass is 10.1. The lowest BCUT2D eigenvalue weighted by molar-refractivity contribution is 0.238. The van der Waals surface area contributed by atoms with Crippen molar-refractivity contribution in [3.05, 3.63) is 111 Å². The summed E-state index contributed by atoms with van der Waals surface area (Å²) in [5.41, 5.74) is 3.40. The van der Waals surface area contributed by atoms with Gasteiger partial charge in [0.25, 0.3) is 5.56 Å². The molecule has 0 unspecified atom stereocenters. The van der Waals surface area contributed by atoms with Gasteiger partial charge in [-0.1, -0.05) is 72.8 Å². The number of nitrogens with zero attached hydrogens (tertiary/aromatic N) is 5. The van der Waals surface area contributed by atoms with E-state index in [1.807, 2.05) is 47.9 Å². The fraction of sp³-hybridized carbons (Fsp3) is 0.269. The Kier molecular flexibility index (Phi) is 6.42. The Morgan fingerprint density at radius 1 is 0.879 bits per heavy atom. The van der Waals surface area contributed by atoms with Crippen molar-refractivity contribution in [2.75, 3.05) is 0 Å². The maximum atomic E-state index is 13.0. The van der Waals surface area contributed by atoms with Crippen molar-refractivity contribution >= 4 is 11.2 Å². The number of hydrogen-bond donors (Lipinski definition) is 0. The molecule has 0 aliphatic rings. The highest BCUT2D eigenvalue weighted by Gasteiger charge is 2.21. The lowest BCUT2D eigenvalue weighted by Gasteiger charge is -2.23. The molecule has 0 atom stereocenters. The third-order valence-corrected chi connectivity index (χ3v) is 5.72. The smallest absolute Gasteiger partial charge is 0.317 e. The van der Waals surface area contributed by atoms with E-state index in [9.17, 15) is 9.59 Å². The SMILES string of the molecule is C=C(C)Cn1c(CN(Cc2ccccc2)Cc2ccccc2)nc2c1c(=O)n(C)c(=O)n2C. The second-order valence-corrected chi connectivity index (χ2v) is 8.57. The van der Waals surface area contributed by atoms with Gasteiger partial charge in [-0.2, -0.15) is 0 Å². The molecule has 33 heavy (non-hydrogen) atoms. The van der Waals surface area contributed by atoms with E-state index in [4.69, 9.17) is 4.98 Å². The van der Waals surface area contributed by atoms with E-state index in [2.05, 4.69) is 35.7 Å². The van der Waals surface area contributed by atoms with Crippen LogP contribution in [0.15, 0.2) is 82.4 Å². The van der Waals surface area contributed by atoms with Gasteiger partial charge in [0.05, 0.1) is 6.54 Å². The molecule has 0 saturated carbocycles. The second-order valence-electron chi connectivity index (χ2n) is 8.57. The van der Waals surface area contributed by atoms with Crippen LogP contribution in [0.3, 0.4) is 0 Å². The van der Waals surface area contributed by atoms with Gasteiger partial charge < -0.3 is 4.57 Å². The van der Waals surface area contributed by atoms with Gasteiger partial charge in [0.2, 0.25) is 0 Å². The van der Waals surface area contributed by atoms with Gasteiger partial charge in [0.1, 0.15) is 5.82 Å². The van der Waals surface area contributed by atoms with Gasteiger partial charge in [0, 0.05) is 33.7 Å². The molecule has 0 aliphatic carbocycles. The molecule has 7 heteroatoms. The van der Waals surface area contributed by atoms with Crippen molar-refractivity contribution in [2.24, 2.45) is 14.1 Å². The number of rotatable bonds is 8.